The van der Waals surface area contributed by atoms with Crippen LogP contribution in [0.2, 0.25) is 0 Å². The van der Waals surface area contributed by atoms with Crippen LogP contribution >= 0.6 is 0 Å². The zero-order valence-electron chi connectivity index (χ0n) is 15.0. The minimum Gasteiger partial charge on any atom is -0.504 e. The summed E-state index contributed by atoms with van der Waals surface area (Å²) >= 11 is 0. The predicted molar refractivity (Wildman–Crippen MR) is 94.9 cm³/mol. The zero-order valence-corrected chi connectivity index (χ0v) is 15.0. The van der Waals surface area contributed by atoms with E-state index < -0.39 is 0 Å². The molecule has 0 heterocycles. The molecule has 3 unspecified atom stereocenters. The van der Waals surface area contributed by atoms with E-state index in [0.717, 1.165) is 18.4 Å². The van der Waals surface area contributed by atoms with E-state index in [4.69, 9.17) is 9.47 Å². The minimum atomic E-state index is -0.324. The number of phenolic OH excluding ortho intramolecular Hbond substituents is 1. The lowest BCUT2D eigenvalue weighted by atomic mass is 9.75. The summed E-state index contributed by atoms with van der Waals surface area (Å²) in [6, 6.07) is 5.00. The average Bonchev–Trinajstić information content (AvgIpc) is 2.53. The SMILES string of the molecule is COc1ccc(/C=C/C(=O)OC2CC(C)CCC2C(C)C)cc1O. The zero-order chi connectivity index (χ0) is 17.7. The molecule has 24 heavy (non-hydrogen) atoms. The molecule has 1 fully saturated rings. The number of rotatable bonds is 5. The molecule has 1 aromatic carbocycles. The van der Waals surface area contributed by atoms with Gasteiger partial charge in [0, 0.05) is 6.08 Å². The molecule has 0 saturated heterocycles. The number of esters is 1. The van der Waals surface area contributed by atoms with Crippen LogP contribution in [0.25, 0.3) is 6.08 Å². The largest absolute Gasteiger partial charge is 0.504 e. The van der Waals surface area contributed by atoms with Crippen LogP contribution in [-0.4, -0.2) is 24.3 Å². The number of hydrogen-bond donors (Lipinski definition) is 1. The molecule has 1 aliphatic rings. The third-order valence-electron chi connectivity index (χ3n) is 4.84. The lowest BCUT2D eigenvalue weighted by Crippen LogP contribution is -2.35. The smallest absolute Gasteiger partial charge is 0.331 e. The summed E-state index contributed by atoms with van der Waals surface area (Å²) in [4.78, 5) is 12.2. The Morgan fingerprint density at radius 2 is 2.08 bits per heavy atom. The van der Waals surface area contributed by atoms with Crippen molar-refractivity contribution in [2.24, 2.45) is 17.8 Å². The number of ether oxygens (including phenoxy) is 2. The summed E-state index contributed by atoms with van der Waals surface area (Å²) in [6.45, 7) is 6.60. The van der Waals surface area contributed by atoms with Crippen LogP contribution in [0.4, 0.5) is 0 Å². The topological polar surface area (TPSA) is 55.8 Å². The Bertz CT molecular complexity index is 591. The number of phenols is 1. The molecular weight excluding hydrogens is 304 g/mol. The normalized spacial score (nSPS) is 24.3. The van der Waals surface area contributed by atoms with Crippen molar-refractivity contribution in [2.45, 2.75) is 46.1 Å². The Hall–Kier alpha value is -1.97. The highest BCUT2D eigenvalue weighted by Gasteiger charge is 2.32. The van der Waals surface area contributed by atoms with Crippen molar-refractivity contribution >= 4 is 12.0 Å². The molecule has 0 bridgehead atoms. The molecule has 3 atom stereocenters. The first-order chi connectivity index (χ1) is 11.4. The van der Waals surface area contributed by atoms with Crippen molar-refractivity contribution in [3.63, 3.8) is 0 Å². The molecule has 0 amide bonds. The Kier molecular flexibility index (Phi) is 6.29. The van der Waals surface area contributed by atoms with E-state index in [1.54, 1.807) is 24.3 Å². The number of carbonyl (C=O) groups excluding carboxylic acids is 1. The molecule has 1 aliphatic carbocycles. The third kappa shape index (κ3) is 4.76. The second kappa shape index (κ2) is 8.22. The van der Waals surface area contributed by atoms with Crippen molar-refractivity contribution in [3.8, 4) is 11.5 Å². The second-order valence-electron chi connectivity index (χ2n) is 7.07. The molecular formula is C20H28O4. The second-order valence-corrected chi connectivity index (χ2v) is 7.07. The van der Waals surface area contributed by atoms with E-state index in [-0.39, 0.29) is 17.8 Å². The molecule has 1 aromatic rings. The number of carbonyl (C=O) groups is 1. The standard InChI is InChI=1S/C20H28O4/c1-13(2)16-8-5-14(3)11-19(16)24-20(22)10-7-15-6-9-18(23-4)17(21)12-15/h6-7,9-10,12-14,16,19,21H,5,8,11H2,1-4H3/b10-7+. The van der Waals surface area contributed by atoms with E-state index in [1.165, 1.54) is 19.6 Å². The van der Waals surface area contributed by atoms with Crippen LogP contribution in [0, 0.1) is 17.8 Å². The maximum atomic E-state index is 12.2. The molecule has 1 N–H and O–H groups in total. The summed E-state index contributed by atoms with van der Waals surface area (Å²) in [5, 5.41) is 9.77. The van der Waals surface area contributed by atoms with Gasteiger partial charge in [-0.25, -0.2) is 4.79 Å². The van der Waals surface area contributed by atoms with E-state index in [0.29, 0.717) is 23.5 Å². The molecule has 0 aliphatic heterocycles. The first-order valence-electron chi connectivity index (χ1n) is 8.66. The van der Waals surface area contributed by atoms with Crippen molar-refractivity contribution < 1.29 is 19.4 Å². The minimum absolute atomic E-state index is 0.00447. The molecule has 2 rings (SSSR count). The molecule has 1 saturated carbocycles. The van der Waals surface area contributed by atoms with Gasteiger partial charge < -0.3 is 14.6 Å². The van der Waals surface area contributed by atoms with Gasteiger partial charge >= 0.3 is 5.97 Å². The number of hydrogen-bond acceptors (Lipinski definition) is 4. The molecule has 132 valence electrons. The highest BCUT2D eigenvalue weighted by molar-refractivity contribution is 5.87. The quantitative estimate of drug-likeness (QED) is 0.640. The van der Waals surface area contributed by atoms with Gasteiger partial charge in [0.2, 0.25) is 0 Å². The van der Waals surface area contributed by atoms with E-state index in [1.807, 2.05) is 0 Å². The van der Waals surface area contributed by atoms with Gasteiger partial charge in [-0.3, -0.25) is 0 Å². The lowest BCUT2D eigenvalue weighted by Gasteiger charge is -2.36. The van der Waals surface area contributed by atoms with Crippen LogP contribution in [0.3, 0.4) is 0 Å². The van der Waals surface area contributed by atoms with Crippen LogP contribution in [-0.2, 0) is 9.53 Å². The van der Waals surface area contributed by atoms with E-state index >= 15 is 0 Å². The van der Waals surface area contributed by atoms with Crippen molar-refractivity contribution in [3.05, 3.63) is 29.8 Å². The van der Waals surface area contributed by atoms with Crippen LogP contribution in [0.1, 0.15) is 45.6 Å². The molecule has 4 heteroatoms. The van der Waals surface area contributed by atoms with Gasteiger partial charge in [-0.2, -0.15) is 0 Å². The Morgan fingerprint density at radius 1 is 1.33 bits per heavy atom. The van der Waals surface area contributed by atoms with Gasteiger partial charge in [-0.15, -0.1) is 0 Å². The Labute approximate surface area is 144 Å². The number of methoxy groups -OCH3 is 1. The number of aromatic hydroxyl groups is 1. The summed E-state index contributed by atoms with van der Waals surface area (Å²) in [6.07, 6.45) is 6.34. The summed E-state index contributed by atoms with van der Waals surface area (Å²) in [5.74, 6) is 1.68. The van der Waals surface area contributed by atoms with Gasteiger partial charge in [-0.05, 0) is 54.4 Å². The van der Waals surface area contributed by atoms with Crippen molar-refractivity contribution in [2.75, 3.05) is 7.11 Å². The summed E-state index contributed by atoms with van der Waals surface area (Å²) < 4.78 is 10.7. The summed E-state index contributed by atoms with van der Waals surface area (Å²) in [5.41, 5.74) is 0.725. The van der Waals surface area contributed by atoms with Crippen molar-refractivity contribution in [1.29, 1.82) is 0 Å². The number of benzene rings is 1. The van der Waals surface area contributed by atoms with Crippen LogP contribution in [0.5, 0.6) is 11.5 Å². The van der Waals surface area contributed by atoms with Crippen molar-refractivity contribution in [1.82, 2.24) is 0 Å². The third-order valence-corrected chi connectivity index (χ3v) is 4.84. The van der Waals surface area contributed by atoms with Gasteiger partial charge in [0.25, 0.3) is 0 Å². The Morgan fingerprint density at radius 3 is 2.71 bits per heavy atom. The van der Waals surface area contributed by atoms with Crippen LogP contribution < -0.4 is 4.74 Å². The molecule has 0 radical (unpaired) electrons. The fourth-order valence-electron chi connectivity index (χ4n) is 3.41. The maximum Gasteiger partial charge on any atom is 0.331 e. The highest BCUT2D eigenvalue weighted by Crippen LogP contribution is 2.35. The van der Waals surface area contributed by atoms with Gasteiger partial charge in [-0.1, -0.05) is 33.3 Å². The van der Waals surface area contributed by atoms with E-state index in [9.17, 15) is 9.90 Å². The monoisotopic (exact) mass is 332 g/mol. The Balaban J connectivity index is 1.99. The van der Waals surface area contributed by atoms with E-state index in [2.05, 4.69) is 20.8 Å². The average molecular weight is 332 g/mol. The maximum absolute atomic E-state index is 12.2. The fourth-order valence-corrected chi connectivity index (χ4v) is 3.41. The molecule has 0 aromatic heterocycles. The summed E-state index contributed by atoms with van der Waals surface area (Å²) in [7, 11) is 1.50. The first kappa shape index (κ1) is 18.4. The van der Waals surface area contributed by atoms with Gasteiger partial charge in [0.05, 0.1) is 7.11 Å². The molecule has 0 spiro atoms. The first-order valence-corrected chi connectivity index (χ1v) is 8.66. The van der Waals surface area contributed by atoms with Gasteiger partial charge in [0.1, 0.15) is 6.10 Å². The lowest BCUT2D eigenvalue weighted by molar-refractivity contribution is -0.149. The fraction of sp³-hybridized carbons (Fsp3) is 0.550. The highest BCUT2D eigenvalue weighted by atomic mass is 16.5. The predicted octanol–water partition coefficient (Wildman–Crippen LogP) is 4.42. The van der Waals surface area contributed by atoms with Gasteiger partial charge in [0.15, 0.2) is 11.5 Å². The molecule has 4 nitrogen and oxygen atoms in total. The van der Waals surface area contributed by atoms with Crippen LogP contribution in [0.15, 0.2) is 24.3 Å².